The topological polar surface area (TPSA) is 66.9 Å². The van der Waals surface area contributed by atoms with Gasteiger partial charge >= 0.3 is 0 Å². The Morgan fingerprint density at radius 3 is 2.94 bits per heavy atom. The Hall–Kier alpha value is -1.36. The lowest BCUT2D eigenvalue weighted by Crippen LogP contribution is -2.38. The highest BCUT2D eigenvalue weighted by molar-refractivity contribution is 6.29. The third kappa shape index (κ3) is 4.02. The minimum atomic E-state index is -0.362. The Bertz CT molecular complexity index is 358. The first kappa shape index (κ1) is 12.7. The molecule has 0 spiro atoms. The Morgan fingerprint density at radius 2 is 2.31 bits per heavy atom. The Balaban J connectivity index is 2.50. The summed E-state index contributed by atoms with van der Waals surface area (Å²) >= 11 is 5.68. The monoisotopic (exact) mass is 242 g/mol. The van der Waals surface area contributed by atoms with Crippen molar-refractivity contribution in [1.82, 2.24) is 15.3 Å². The van der Waals surface area contributed by atoms with Gasteiger partial charge in [-0.3, -0.25) is 9.78 Å². The van der Waals surface area contributed by atoms with E-state index in [4.69, 9.17) is 11.6 Å². The number of carbonyl (C=O) groups is 1. The Kier molecular flexibility index (Phi) is 4.98. The predicted molar refractivity (Wildman–Crippen MR) is 63.4 cm³/mol. The van der Waals surface area contributed by atoms with Gasteiger partial charge in [0.1, 0.15) is 17.0 Å². The minimum Gasteiger partial charge on any atom is -0.357 e. The average Bonchev–Trinajstić information content (AvgIpc) is 2.25. The molecule has 0 radical (unpaired) electrons. The molecule has 1 aromatic rings. The number of aromatic nitrogens is 2. The maximum absolute atomic E-state index is 11.5. The standard InChI is InChI=1S/C10H15ClN4O/c1-3-4-13-10(16)7(2)14-9-6-12-5-8(11)15-9/h5-7H,3-4H2,1-2H3,(H,13,16)(H,14,15). The zero-order valence-electron chi connectivity index (χ0n) is 9.33. The van der Waals surface area contributed by atoms with Crippen LogP contribution in [0.1, 0.15) is 20.3 Å². The van der Waals surface area contributed by atoms with Crippen molar-refractivity contribution in [2.24, 2.45) is 0 Å². The number of halogens is 1. The lowest BCUT2D eigenvalue weighted by atomic mass is 10.3. The quantitative estimate of drug-likeness (QED) is 0.820. The third-order valence-corrected chi connectivity index (χ3v) is 2.09. The largest absolute Gasteiger partial charge is 0.357 e. The van der Waals surface area contributed by atoms with Crippen molar-refractivity contribution in [2.75, 3.05) is 11.9 Å². The van der Waals surface area contributed by atoms with Crippen LogP contribution in [-0.2, 0) is 4.79 Å². The molecular weight excluding hydrogens is 228 g/mol. The van der Waals surface area contributed by atoms with Gasteiger partial charge in [0.2, 0.25) is 5.91 Å². The molecule has 16 heavy (non-hydrogen) atoms. The van der Waals surface area contributed by atoms with Crippen LogP contribution in [0.15, 0.2) is 12.4 Å². The van der Waals surface area contributed by atoms with Crippen molar-refractivity contribution in [1.29, 1.82) is 0 Å². The number of carbonyl (C=O) groups excluding carboxylic acids is 1. The van der Waals surface area contributed by atoms with E-state index in [0.29, 0.717) is 17.5 Å². The van der Waals surface area contributed by atoms with Gasteiger partial charge in [-0.15, -0.1) is 0 Å². The summed E-state index contributed by atoms with van der Waals surface area (Å²) in [5.41, 5.74) is 0. The number of nitrogens with zero attached hydrogens (tertiary/aromatic N) is 2. The van der Waals surface area contributed by atoms with Gasteiger partial charge in [0.25, 0.3) is 0 Å². The van der Waals surface area contributed by atoms with Gasteiger partial charge in [0.15, 0.2) is 0 Å². The molecule has 0 saturated carbocycles. The molecule has 6 heteroatoms. The molecular formula is C10H15ClN4O. The van der Waals surface area contributed by atoms with Crippen LogP contribution >= 0.6 is 11.6 Å². The molecule has 0 aliphatic heterocycles. The number of rotatable bonds is 5. The highest BCUT2D eigenvalue weighted by Crippen LogP contribution is 2.07. The van der Waals surface area contributed by atoms with Crippen LogP contribution in [0.2, 0.25) is 5.15 Å². The van der Waals surface area contributed by atoms with Crippen LogP contribution in [0.25, 0.3) is 0 Å². The number of hydrogen-bond donors (Lipinski definition) is 2. The summed E-state index contributed by atoms with van der Waals surface area (Å²) in [5.74, 6) is 0.426. The van der Waals surface area contributed by atoms with Crippen molar-refractivity contribution >= 4 is 23.3 Å². The summed E-state index contributed by atoms with van der Waals surface area (Å²) in [4.78, 5) is 19.4. The average molecular weight is 243 g/mol. The minimum absolute atomic E-state index is 0.0661. The first-order chi connectivity index (χ1) is 7.63. The molecule has 0 aliphatic rings. The summed E-state index contributed by atoms with van der Waals surface area (Å²) in [6.07, 6.45) is 3.87. The van der Waals surface area contributed by atoms with Crippen molar-refractivity contribution in [3.8, 4) is 0 Å². The summed E-state index contributed by atoms with van der Waals surface area (Å²) in [6, 6.07) is -0.362. The molecule has 5 nitrogen and oxygen atoms in total. The van der Waals surface area contributed by atoms with Gasteiger partial charge in [-0.2, -0.15) is 0 Å². The van der Waals surface area contributed by atoms with Gasteiger partial charge in [-0.25, -0.2) is 4.98 Å². The van der Waals surface area contributed by atoms with E-state index >= 15 is 0 Å². The van der Waals surface area contributed by atoms with Crippen LogP contribution in [0.4, 0.5) is 5.82 Å². The van der Waals surface area contributed by atoms with E-state index in [1.807, 2.05) is 6.92 Å². The molecule has 0 aliphatic carbocycles. The van der Waals surface area contributed by atoms with Gasteiger partial charge in [0.05, 0.1) is 12.4 Å². The summed E-state index contributed by atoms with van der Waals surface area (Å²) in [6.45, 7) is 4.43. The molecule has 0 fully saturated rings. The molecule has 1 rings (SSSR count). The van der Waals surface area contributed by atoms with E-state index in [1.54, 1.807) is 6.92 Å². The second-order valence-electron chi connectivity index (χ2n) is 3.38. The predicted octanol–water partition coefficient (Wildman–Crippen LogP) is 1.46. The second kappa shape index (κ2) is 6.27. The van der Waals surface area contributed by atoms with E-state index in [1.165, 1.54) is 12.4 Å². The lowest BCUT2D eigenvalue weighted by Gasteiger charge is -2.13. The fourth-order valence-corrected chi connectivity index (χ4v) is 1.25. The van der Waals surface area contributed by atoms with Gasteiger partial charge < -0.3 is 10.6 Å². The zero-order valence-corrected chi connectivity index (χ0v) is 10.1. The molecule has 88 valence electrons. The number of amides is 1. The molecule has 0 bridgehead atoms. The Morgan fingerprint density at radius 1 is 1.56 bits per heavy atom. The van der Waals surface area contributed by atoms with Gasteiger partial charge in [-0.05, 0) is 13.3 Å². The number of nitrogens with one attached hydrogen (secondary N) is 2. The molecule has 0 saturated heterocycles. The van der Waals surface area contributed by atoms with Gasteiger partial charge in [-0.1, -0.05) is 18.5 Å². The zero-order chi connectivity index (χ0) is 12.0. The number of hydrogen-bond acceptors (Lipinski definition) is 4. The normalized spacial score (nSPS) is 11.9. The van der Waals surface area contributed by atoms with Crippen molar-refractivity contribution in [3.63, 3.8) is 0 Å². The van der Waals surface area contributed by atoms with Gasteiger partial charge in [0, 0.05) is 6.54 Å². The van der Waals surface area contributed by atoms with E-state index in [-0.39, 0.29) is 11.9 Å². The van der Waals surface area contributed by atoms with E-state index in [2.05, 4.69) is 20.6 Å². The van der Waals surface area contributed by atoms with E-state index < -0.39 is 0 Å². The van der Waals surface area contributed by atoms with Crippen LogP contribution in [-0.4, -0.2) is 28.5 Å². The molecule has 0 aromatic carbocycles. The third-order valence-electron chi connectivity index (χ3n) is 1.91. The first-order valence-electron chi connectivity index (χ1n) is 5.15. The summed E-state index contributed by atoms with van der Waals surface area (Å²) < 4.78 is 0. The molecule has 2 N–H and O–H groups in total. The first-order valence-corrected chi connectivity index (χ1v) is 5.53. The van der Waals surface area contributed by atoms with Crippen LogP contribution in [0.5, 0.6) is 0 Å². The highest BCUT2D eigenvalue weighted by atomic mass is 35.5. The molecule has 1 heterocycles. The highest BCUT2D eigenvalue weighted by Gasteiger charge is 2.12. The molecule has 1 atom stereocenters. The maximum Gasteiger partial charge on any atom is 0.242 e. The summed E-state index contributed by atoms with van der Waals surface area (Å²) in [7, 11) is 0. The van der Waals surface area contributed by atoms with Crippen LogP contribution in [0, 0.1) is 0 Å². The van der Waals surface area contributed by atoms with E-state index in [0.717, 1.165) is 6.42 Å². The number of anilines is 1. The fraction of sp³-hybridized carbons (Fsp3) is 0.500. The SMILES string of the molecule is CCCNC(=O)C(C)Nc1cncc(Cl)n1. The lowest BCUT2D eigenvalue weighted by molar-refractivity contribution is -0.121. The fourth-order valence-electron chi connectivity index (χ4n) is 1.10. The van der Waals surface area contributed by atoms with E-state index in [9.17, 15) is 4.79 Å². The molecule has 1 aromatic heterocycles. The van der Waals surface area contributed by atoms with Crippen molar-refractivity contribution < 1.29 is 4.79 Å². The second-order valence-corrected chi connectivity index (χ2v) is 3.77. The Labute approximate surface area is 99.6 Å². The molecule has 1 unspecified atom stereocenters. The van der Waals surface area contributed by atoms with Crippen LogP contribution < -0.4 is 10.6 Å². The summed E-state index contributed by atoms with van der Waals surface area (Å²) in [5, 5.41) is 6.00. The van der Waals surface area contributed by atoms with Crippen LogP contribution in [0.3, 0.4) is 0 Å². The smallest absolute Gasteiger partial charge is 0.242 e. The van der Waals surface area contributed by atoms with Crippen molar-refractivity contribution in [3.05, 3.63) is 17.5 Å². The maximum atomic E-state index is 11.5. The molecule has 1 amide bonds. The van der Waals surface area contributed by atoms with Crippen molar-refractivity contribution in [2.45, 2.75) is 26.3 Å².